The van der Waals surface area contributed by atoms with Crippen LogP contribution in [0, 0.1) is 0 Å². The van der Waals surface area contributed by atoms with E-state index in [1.54, 1.807) is 30.4 Å². The third kappa shape index (κ3) is 2.70. The van der Waals surface area contributed by atoms with Crippen molar-refractivity contribution in [1.82, 2.24) is 20.0 Å². The van der Waals surface area contributed by atoms with Crippen molar-refractivity contribution in [3.8, 4) is 0 Å². The van der Waals surface area contributed by atoms with Crippen LogP contribution in [-0.4, -0.2) is 52.7 Å². The second kappa shape index (κ2) is 5.88. The fourth-order valence-electron chi connectivity index (χ4n) is 2.26. The SMILES string of the molecule is CNc1nccnc1[C@H]1CN(C(=O)c2ccon2)CCO1. The van der Waals surface area contributed by atoms with Crippen molar-refractivity contribution in [3.63, 3.8) is 0 Å². The van der Waals surface area contributed by atoms with E-state index >= 15 is 0 Å². The lowest BCUT2D eigenvalue weighted by Crippen LogP contribution is -2.42. The molecule has 3 rings (SSSR count). The molecule has 0 aliphatic carbocycles. The predicted molar refractivity (Wildman–Crippen MR) is 72.7 cm³/mol. The molecule has 0 aromatic carbocycles. The average Bonchev–Trinajstić information content (AvgIpc) is 3.08. The van der Waals surface area contributed by atoms with Crippen LogP contribution in [0.4, 0.5) is 5.82 Å². The molecule has 2 aromatic heterocycles. The lowest BCUT2D eigenvalue weighted by molar-refractivity contribution is -0.0248. The largest absolute Gasteiger partial charge is 0.372 e. The molecule has 3 heterocycles. The number of anilines is 1. The first-order chi connectivity index (χ1) is 10.3. The first-order valence-electron chi connectivity index (χ1n) is 6.59. The molecule has 1 aliphatic rings. The van der Waals surface area contributed by atoms with Gasteiger partial charge in [-0.3, -0.25) is 9.78 Å². The Morgan fingerprint density at radius 2 is 2.29 bits per heavy atom. The number of rotatable bonds is 3. The van der Waals surface area contributed by atoms with Gasteiger partial charge in [0.1, 0.15) is 23.9 Å². The molecule has 110 valence electrons. The molecule has 8 heteroatoms. The Bertz CT molecular complexity index is 616. The maximum Gasteiger partial charge on any atom is 0.276 e. The second-order valence-corrected chi connectivity index (χ2v) is 4.54. The molecule has 0 saturated carbocycles. The van der Waals surface area contributed by atoms with Gasteiger partial charge in [-0.25, -0.2) is 4.98 Å². The Labute approximate surface area is 121 Å². The highest BCUT2D eigenvalue weighted by Gasteiger charge is 2.29. The molecule has 1 aliphatic heterocycles. The van der Waals surface area contributed by atoms with Crippen LogP contribution in [0.3, 0.4) is 0 Å². The minimum atomic E-state index is -0.314. The number of amides is 1. The number of carbonyl (C=O) groups is 1. The van der Waals surface area contributed by atoms with E-state index in [4.69, 9.17) is 9.26 Å². The Morgan fingerprint density at radius 1 is 1.43 bits per heavy atom. The van der Waals surface area contributed by atoms with E-state index < -0.39 is 0 Å². The quantitative estimate of drug-likeness (QED) is 0.889. The van der Waals surface area contributed by atoms with E-state index in [1.807, 2.05) is 0 Å². The van der Waals surface area contributed by atoms with Gasteiger partial charge in [0.05, 0.1) is 13.2 Å². The zero-order valence-corrected chi connectivity index (χ0v) is 11.5. The van der Waals surface area contributed by atoms with E-state index in [0.29, 0.717) is 36.9 Å². The molecule has 0 spiro atoms. The van der Waals surface area contributed by atoms with E-state index in [9.17, 15) is 4.79 Å². The summed E-state index contributed by atoms with van der Waals surface area (Å²) in [6, 6.07) is 1.55. The summed E-state index contributed by atoms with van der Waals surface area (Å²) in [6.45, 7) is 1.35. The van der Waals surface area contributed by atoms with Gasteiger partial charge in [0.2, 0.25) is 0 Å². The summed E-state index contributed by atoms with van der Waals surface area (Å²) >= 11 is 0. The number of hydrogen-bond acceptors (Lipinski definition) is 7. The predicted octanol–water partition coefficient (Wildman–Crippen LogP) is 0.720. The number of carbonyl (C=O) groups excluding carboxylic acids is 1. The summed E-state index contributed by atoms with van der Waals surface area (Å²) < 4.78 is 10.4. The highest BCUT2D eigenvalue weighted by atomic mass is 16.5. The van der Waals surface area contributed by atoms with Crippen molar-refractivity contribution in [2.45, 2.75) is 6.10 Å². The van der Waals surface area contributed by atoms with E-state index in [2.05, 4.69) is 20.4 Å². The van der Waals surface area contributed by atoms with Crippen LogP contribution in [-0.2, 0) is 4.74 Å². The number of morpholine rings is 1. The van der Waals surface area contributed by atoms with Gasteiger partial charge in [0, 0.05) is 32.1 Å². The molecule has 2 aromatic rings. The van der Waals surface area contributed by atoms with Crippen molar-refractivity contribution in [1.29, 1.82) is 0 Å². The van der Waals surface area contributed by atoms with Crippen molar-refractivity contribution in [2.24, 2.45) is 0 Å². The van der Waals surface area contributed by atoms with Crippen LogP contribution in [0.2, 0.25) is 0 Å². The van der Waals surface area contributed by atoms with Crippen molar-refractivity contribution < 1.29 is 14.1 Å². The fourth-order valence-corrected chi connectivity index (χ4v) is 2.26. The first-order valence-corrected chi connectivity index (χ1v) is 6.59. The summed E-state index contributed by atoms with van der Waals surface area (Å²) in [6.07, 6.45) is 4.28. The zero-order chi connectivity index (χ0) is 14.7. The molecule has 0 bridgehead atoms. The van der Waals surface area contributed by atoms with Crippen molar-refractivity contribution in [3.05, 3.63) is 36.1 Å². The highest BCUT2D eigenvalue weighted by Crippen LogP contribution is 2.25. The molecule has 21 heavy (non-hydrogen) atoms. The van der Waals surface area contributed by atoms with Crippen LogP contribution in [0.15, 0.2) is 29.2 Å². The molecule has 8 nitrogen and oxygen atoms in total. The molecule has 0 unspecified atom stereocenters. The number of ether oxygens (including phenoxy) is 1. The van der Waals surface area contributed by atoms with E-state index in [0.717, 1.165) is 0 Å². The smallest absolute Gasteiger partial charge is 0.276 e. The maximum atomic E-state index is 12.3. The average molecular weight is 289 g/mol. The summed E-state index contributed by atoms with van der Waals surface area (Å²) in [5.41, 5.74) is 0.987. The van der Waals surface area contributed by atoms with Gasteiger partial charge in [0.25, 0.3) is 5.91 Å². The van der Waals surface area contributed by atoms with Gasteiger partial charge in [-0.15, -0.1) is 0 Å². The van der Waals surface area contributed by atoms with Gasteiger partial charge in [0.15, 0.2) is 5.69 Å². The minimum Gasteiger partial charge on any atom is -0.372 e. The minimum absolute atomic E-state index is 0.174. The van der Waals surface area contributed by atoms with Crippen LogP contribution in [0.5, 0.6) is 0 Å². The third-order valence-corrected chi connectivity index (χ3v) is 3.28. The summed E-state index contributed by atoms with van der Waals surface area (Å²) in [5, 5.41) is 6.66. The van der Waals surface area contributed by atoms with Gasteiger partial charge in [-0.2, -0.15) is 0 Å². The number of hydrogen-bond donors (Lipinski definition) is 1. The van der Waals surface area contributed by atoms with Crippen LogP contribution in [0.25, 0.3) is 0 Å². The van der Waals surface area contributed by atoms with Gasteiger partial charge in [-0.05, 0) is 0 Å². The van der Waals surface area contributed by atoms with Gasteiger partial charge in [-0.1, -0.05) is 5.16 Å². The standard InChI is InChI=1S/C13H15N5O3/c1-14-12-11(15-3-4-16-12)10-8-18(5-7-20-10)13(19)9-2-6-21-17-9/h2-4,6,10H,5,7-8H2,1H3,(H,14,16)/t10-/m1/s1. The molecule has 1 saturated heterocycles. The molecular formula is C13H15N5O3. The van der Waals surface area contributed by atoms with Gasteiger partial charge < -0.3 is 19.5 Å². The van der Waals surface area contributed by atoms with Crippen LogP contribution < -0.4 is 5.32 Å². The Kier molecular flexibility index (Phi) is 3.78. The number of aromatic nitrogens is 3. The summed E-state index contributed by atoms with van der Waals surface area (Å²) in [7, 11) is 1.77. The zero-order valence-electron chi connectivity index (χ0n) is 11.5. The van der Waals surface area contributed by atoms with Crippen LogP contribution in [0.1, 0.15) is 22.3 Å². The fraction of sp³-hybridized carbons (Fsp3) is 0.385. The Balaban J connectivity index is 1.78. The molecule has 1 fully saturated rings. The first kappa shape index (κ1) is 13.5. The monoisotopic (exact) mass is 289 g/mol. The molecule has 1 atom stereocenters. The molecule has 0 radical (unpaired) electrons. The highest BCUT2D eigenvalue weighted by molar-refractivity contribution is 5.92. The summed E-state index contributed by atoms with van der Waals surface area (Å²) in [4.78, 5) is 22.5. The molecule has 1 N–H and O–H groups in total. The number of nitrogens with one attached hydrogen (secondary N) is 1. The normalized spacial score (nSPS) is 18.5. The lowest BCUT2D eigenvalue weighted by Gasteiger charge is -2.32. The summed E-state index contributed by atoms with van der Waals surface area (Å²) in [5.74, 6) is 0.477. The van der Waals surface area contributed by atoms with E-state index in [1.165, 1.54) is 6.26 Å². The Morgan fingerprint density at radius 3 is 3.05 bits per heavy atom. The van der Waals surface area contributed by atoms with Crippen molar-refractivity contribution >= 4 is 11.7 Å². The third-order valence-electron chi connectivity index (χ3n) is 3.28. The molecule has 1 amide bonds. The van der Waals surface area contributed by atoms with E-state index in [-0.39, 0.29) is 12.0 Å². The van der Waals surface area contributed by atoms with Crippen LogP contribution >= 0.6 is 0 Å². The lowest BCUT2D eigenvalue weighted by atomic mass is 10.2. The maximum absolute atomic E-state index is 12.3. The number of nitrogens with zero attached hydrogens (tertiary/aromatic N) is 4. The topological polar surface area (TPSA) is 93.4 Å². The Hall–Kier alpha value is -2.48. The van der Waals surface area contributed by atoms with Crippen molar-refractivity contribution in [2.75, 3.05) is 32.1 Å². The molecular weight excluding hydrogens is 274 g/mol. The van der Waals surface area contributed by atoms with Gasteiger partial charge >= 0.3 is 0 Å². The second-order valence-electron chi connectivity index (χ2n) is 4.54.